The first-order valence-corrected chi connectivity index (χ1v) is 11.5. The number of methoxy groups -OCH3 is 1. The first-order valence-electron chi connectivity index (χ1n) is 11.5. The van der Waals surface area contributed by atoms with Crippen LogP contribution in [0.3, 0.4) is 0 Å². The average Bonchev–Trinajstić information content (AvgIpc) is 3.44. The fraction of sp³-hybridized carbons (Fsp3) is 0.360. The van der Waals surface area contributed by atoms with E-state index in [0.29, 0.717) is 36.4 Å². The number of aromatic nitrogens is 2. The second kappa shape index (κ2) is 10.6. The van der Waals surface area contributed by atoms with Crippen LogP contribution >= 0.6 is 0 Å². The third kappa shape index (κ3) is 5.60. The summed E-state index contributed by atoms with van der Waals surface area (Å²) >= 11 is 0. The number of carbonyl (C=O) groups excluding carboxylic acids is 3. The summed E-state index contributed by atoms with van der Waals surface area (Å²) in [5, 5.41) is 9.49. The monoisotopic (exact) mass is 479 g/mol. The van der Waals surface area contributed by atoms with Crippen molar-refractivity contribution in [2.45, 2.75) is 45.9 Å². The van der Waals surface area contributed by atoms with Crippen LogP contribution in [-0.4, -0.2) is 47.2 Å². The van der Waals surface area contributed by atoms with Crippen molar-refractivity contribution in [3.8, 4) is 0 Å². The minimum atomic E-state index is -0.557. The lowest BCUT2D eigenvalue weighted by Gasteiger charge is -2.14. The summed E-state index contributed by atoms with van der Waals surface area (Å²) in [5.41, 5.74) is 3.63. The van der Waals surface area contributed by atoms with Gasteiger partial charge in [0, 0.05) is 38.1 Å². The molecule has 1 atom stereocenters. The number of pyridine rings is 1. The molecule has 2 aromatic heterocycles. The van der Waals surface area contributed by atoms with Gasteiger partial charge in [-0.2, -0.15) is 0 Å². The van der Waals surface area contributed by atoms with E-state index in [-0.39, 0.29) is 23.6 Å². The van der Waals surface area contributed by atoms with E-state index in [1.165, 1.54) is 21.0 Å². The second-order valence-electron chi connectivity index (χ2n) is 8.47. The normalized spacial score (nSPS) is 15.1. The number of nitrogens with one attached hydrogen (secondary N) is 3. The topological polar surface area (TPSA) is 124 Å². The van der Waals surface area contributed by atoms with E-state index in [1.807, 2.05) is 30.3 Å². The predicted molar refractivity (Wildman–Crippen MR) is 132 cm³/mol. The van der Waals surface area contributed by atoms with Crippen molar-refractivity contribution in [3.05, 3.63) is 47.8 Å². The highest BCUT2D eigenvalue weighted by Gasteiger charge is 2.28. The maximum Gasteiger partial charge on any atom is 0.356 e. The SMILES string of the molecule is COC(=O)c1c(NC(C)=O)c2cc(NCc3ccc(NC(C)=O)cc3)cnc2n1CC1CCCO1. The first kappa shape index (κ1) is 24.2. The Morgan fingerprint density at radius 1 is 1.11 bits per heavy atom. The maximum atomic E-state index is 12.8. The summed E-state index contributed by atoms with van der Waals surface area (Å²) in [6.07, 6.45) is 3.50. The van der Waals surface area contributed by atoms with Gasteiger partial charge in [0.25, 0.3) is 0 Å². The Morgan fingerprint density at radius 2 is 1.86 bits per heavy atom. The molecule has 4 rings (SSSR count). The Bertz CT molecular complexity index is 1250. The molecular formula is C25H29N5O5. The van der Waals surface area contributed by atoms with Gasteiger partial charge in [0.05, 0.1) is 37.3 Å². The van der Waals surface area contributed by atoms with Crippen LogP contribution in [-0.2, 0) is 32.2 Å². The Morgan fingerprint density at radius 3 is 2.49 bits per heavy atom. The van der Waals surface area contributed by atoms with Gasteiger partial charge >= 0.3 is 5.97 Å². The van der Waals surface area contributed by atoms with Crippen LogP contribution in [0.5, 0.6) is 0 Å². The van der Waals surface area contributed by atoms with Gasteiger partial charge in [-0.25, -0.2) is 9.78 Å². The van der Waals surface area contributed by atoms with Gasteiger partial charge in [0.15, 0.2) is 5.69 Å². The summed E-state index contributed by atoms with van der Waals surface area (Å²) in [6.45, 7) is 4.49. The molecule has 1 aromatic carbocycles. The van der Waals surface area contributed by atoms with Crippen molar-refractivity contribution in [2.24, 2.45) is 0 Å². The Balaban J connectivity index is 1.66. The first-order chi connectivity index (χ1) is 16.9. The van der Waals surface area contributed by atoms with Crippen LogP contribution in [0.25, 0.3) is 11.0 Å². The predicted octanol–water partition coefficient (Wildman–Crippen LogP) is 3.53. The van der Waals surface area contributed by atoms with Gasteiger partial charge in [-0.3, -0.25) is 9.59 Å². The molecule has 2 amide bonds. The maximum absolute atomic E-state index is 12.8. The zero-order valence-corrected chi connectivity index (χ0v) is 20.0. The number of carbonyl (C=O) groups is 3. The van der Waals surface area contributed by atoms with E-state index < -0.39 is 5.97 Å². The lowest BCUT2D eigenvalue weighted by Crippen LogP contribution is -2.21. The van der Waals surface area contributed by atoms with Crippen molar-refractivity contribution in [1.82, 2.24) is 9.55 Å². The molecule has 1 aliphatic heterocycles. The lowest BCUT2D eigenvalue weighted by atomic mass is 10.2. The van der Waals surface area contributed by atoms with E-state index in [1.54, 1.807) is 10.8 Å². The number of ether oxygens (including phenoxy) is 2. The Labute approximate surface area is 203 Å². The van der Waals surface area contributed by atoms with Gasteiger partial charge in [0.2, 0.25) is 11.8 Å². The molecule has 1 unspecified atom stereocenters. The van der Waals surface area contributed by atoms with Gasteiger partial charge in [-0.05, 0) is 36.6 Å². The molecule has 1 saturated heterocycles. The number of anilines is 3. The van der Waals surface area contributed by atoms with Crippen LogP contribution in [0.2, 0.25) is 0 Å². The minimum absolute atomic E-state index is 0.0424. The van der Waals surface area contributed by atoms with Crippen molar-refractivity contribution in [3.63, 3.8) is 0 Å². The van der Waals surface area contributed by atoms with E-state index in [2.05, 4.69) is 20.9 Å². The van der Waals surface area contributed by atoms with Gasteiger partial charge in [-0.15, -0.1) is 0 Å². The summed E-state index contributed by atoms with van der Waals surface area (Å²) < 4.78 is 12.6. The average molecular weight is 480 g/mol. The van der Waals surface area contributed by atoms with Crippen LogP contribution < -0.4 is 16.0 Å². The molecule has 10 nitrogen and oxygen atoms in total. The summed E-state index contributed by atoms with van der Waals surface area (Å²) in [7, 11) is 1.31. The lowest BCUT2D eigenvalue weighted by molar-refractivity contribution is -0.115. The molecule has 3 N–H and O–H groups in total. The minimum Gasteiger partial charge on any atom is -0.464 e. The fourth-order valence-corrected chi connectivity index (χ4v) is 4.22. The number of hydrogen-bond donors (Lipinski definition) is 3. The van der Waals surface area contributed by atoms with Crippen LogP contribution in [0, 0.1) is 0 Å². The van der Waals surface area contributed by atoms with Crippen molar-refractivity contribution >= 4 is 45.9 Å². The summed E-state index contributed by atoms with van der Waals surface area (Å²) in [4.78, 5) is 40.6. The Hall–Kier alpha value is -3.92. The standard InChI is InChI=1S/C25H29N5O5/c1-15(31)28-18-8-6-17(7-9-18)12-26-19-11-21-22(29-16(2)32)23(25(33)34-3)30(24(21)27-13-19)14-20-5-4-10-35-20/h6-9,11,13,20,26H,4-5,10,12,14H2,1-3H3,(H,28,31)(H,29,32). The summed E-state index contributed by atoms with van der Waals surface area (Å²) in [5.74, 6) is -0.981. The largest absolute Gasteiger partial charge is 0.464 e. The molecule has 10 heteroatoms. The van der Waals surface area contributed by atoms with E-state index in [9.17, 15) is 14.4 Å². The number of rotatable bonds is 8. The fourth-order valence-electron chi connectivity index (χ4n) is 4.22. The van der Waals surface area contributed by atoms with Gasteiger partial charge in [-0.1, -0.05) is 12.1 Å². The number of benzene rings is 1. The quantitative estimate of drug-likeness (QED) is 0.422. The number of nitrogens with zero attached hydrogens (tertiary/aromatic N) is 2. The third-order valence-electron chi connectivity index (χ3n) is 5.76. The number of fused-ring (bicyclic) bond motifs is 1. The number of amides is 2. The van der Waals surface area contributed by atoms with Crippen molar-refractivity contribution < 1.29 is 23.9 Å². The molecule has 0 aliphatic carbocycles. The summed E-state index contributed by atoms with van der Waals surface area (Å²) in [6, 6.07) is 9.36. The molecule has 184 valence electrons. The number of esters is 1. The molecule has 0 bridgehead atoms. The molecule has 0 saturated carbocycles. The third-order valence-corrected chi connectivity index (χ3v) is 5.76. The highest BCUT2D eigenvalue weighted by molar-refractivity contribution is 6.11. The van der Waals surface area contributed by atoms with E-state index in [4.69, 9.17) is 9.47 Å². The van der Waals surface area contributed by atoms with Crippen molar-refractivity contribution in [1.29, 1.82) is 0 Å². The van der Waals surface area contributed by atoms with Gasteiger partial charge in [0.1, 0.15) is 5.65 Å². The highest BCUT2D eigenvalue weighted by atomic mass is 16.5. The molecule has 3 aromatic rings. The number of hydrogen-bond acceptors (Lipinski definition) is 7. The molecule has 0 spiro atoms. The highest BCUT2D eigenvalue weighted by Crippen LogP contribution is 2.34. The zero-order valence-electron chi connectivity index (χ0n) is 20.0. The van der Waals surface area contributed by atoms with Crippen molar-refractivity contribution in [2.75, 3.05) is 29.7 Å². The molecule has 35 heavy (non-hydrogen) atoms. The van der Waals surface area contributed by atoms with E-state index in [0.717, 1.165) is 29.8 Å². The molecule has 0 radical (unpaired) electrons. The van der Waals surface area contributed by atoms with Crippen LogP contribution in [0.1, 0.15) is 42.7 Å². The van der Waals surface area contributed by atoms with Crippen LogP contribution in [0.4, 0.5) is 17.1 Å². The Kier molecular flexibility index (Phi) is 7.31. The van der Waals surface area contributed by atoms with Gasteiger partial charge < -0.3 is 30.0 Å². The molecule has 1 aliphatic rings. The second-order valence-corrected chi connectivity index (χ2v) is 8.47. The van der Waals surface area contributed by atoms with Crippen LogP contribution in [0.15, 0.2) is 36.5 Å². The smallest absolute Gasteiger partial charge is 0.356 e. The zero-order chi connectivity index (χ0) is 24.9. The molecule has 3 heterocycles. The van der Waals surface area contributed by atoms with E-state index >= 15 is 0 Å². The molecular weight excluding hydrogens is 450 g/mol. The molecule has 1 fully saturated rings.